The van der Waals surface area contributed by atoms with Crippen molar-refractivity contribution in [3.8, 4) is 11.5 Å². The molecular formula is C24H20Cl2N4O6. The van der Waals surface area contributed by atoms with Crippen molar-refractivity contribution in [3.63, 3.8) is 0 Å². The van der Waals surface area contributed by atoms with Gasteiger partial charge in [-0.2, -0.15) is 0 Å². The van der Waals surface area contributed by atoms with Gasteiger partial charge in [0.15, 0.2) is 13.2 Å². The fraction of sp³-hybridized carbons (Fsp3) is 0.0833. The molecule has 0 unspecified atom stereocenters. The highest BCUT2D eigenvalue weighted by molar-refractivity contribution is 6.32. The predicted octanol–water partition coefficient (Wildman–Crippen LogP) is 2.67. The minimum atomic E-state index is -0.613. The summed E-state index contributed by atoms with van der Waals surface area (Å²) in [5.41, 5.74) is 9.26. The lowest BCUT2D eigenvalue weighted by Crippen LogP contribution is -2.44. The largest absolute Gasteiger partial charge is 0.482 e. The summed E-state index contributed by atoms with van der Waals surface area (Å²) in [6.07, 6.45) is 0. The van der Waals surface area contributed by atoms with Gasteiger partial charge in [0.2, 0.25) is 0 Å². The summed E-state index contributed by atoms with van der Waals surface area (Å²) in [6, 6.07) is 18.8. The number of hydrogen-bond acceptors (Lipinski definition) is 6. The number of halogens is 2. The zero-order valence-electron chi connectivity index (χ0n) is 18.5. The Bertz CT molecular complexity index is 1160. The summed E-state index contributed by atoms with van der Waals surface area (Å²) in [4.78, 5) is 48.2. The lowest BCUT2D eigenvalue weighted by Gasteiger charge is -2.11. The maximum absolute atomic E-state index is 12.2. The molecule has 0 atom stereocenters. The Morgan fingerprint density at radius 1 is 0.556 bits per heavy atom. The van der Waals surface area contributed by atoms with Crippen LogP contribution in [0, 0.1) is 0 Å². The van der Waals surface area contributed by atoms with E-state index in [1.165, 1.54) is 24.3 Å². The van der Waals surface area contributed by atoms with Crippen molar-refractivity contribution in [3.05, 3.63) is 94.0 Å². The van der Waals surface area contributed by atoms with Crippen LogP contribution in [0.5, 0.6) is 11.5 Å². The van der Waals surface area contributed by atoms with Gasteiger partial charge in [-0.05, 0) is 48.5 Å². The van der Waals surface area contributed by atoms with Gasteiger partial charge in [0, 0.05) is 11.1 Å². The number of carbonyl (C=O) groups excluding carboxylic acids is 4. The van der Waals surface area contributed by atoms with Crippen LogP contribution in [0.25, 0.3) is 0 Å². The van der Waals surface area contributed by atoms with Gasteiger partial charge in [0.1, 0.15) is 11.5 Å². The molecule has 0 bridgehead atoms. The number of amides is 4. The van der Waals surface area contributed by atoms with E-state index in [1.54, 1.807) is 48.5 Å². The van der Waals surface area contributed by atoms with Crippen molar-refractivity contribution >= 4 is 46.8 Å². The quantitative estimate of drug-likeness (QED) is 0.330. The van der Waals surface area contributed by atoms with E-state index in [9.17, 15) is 19.2 Å². The molecule has 4 N–H and O–H groups in total. The molecule has 0 saturated heterocycles. The van der Waals surface area contributed by atoms with Crippen LogP contribution in [-0.4, -0.2) is 36.8 Å². The SMILES string of the molecule is O=C(COc1ccccc1Cl)NNC(=O)c1ccc(C(=O)NNC(=O)COc2ccccc2Cl)cc1. The molecule has 0 heterocycles. The first-order chi connectivity index (χ1) is 17.3. The van der Waals surface area contributed by atoms with Crippen LogP contribution in [0.1, 0.15) is 20.7 Å². The number of ether oxygens (including phenoxy) is 2. The van der Waals surface area contributed by atoms with E-state index in [4.69, 9.17) is 32.7 Å². The van der Waals surface area contributed by atoms with Crippen LogP contribution in [0.3, 0.4) is 0 Å². The molecular weight excluding hydrogens is 511 g/mol. The van der Waals surface area contributed by atoms with E-state index in [-0.39, 0.29) is 24.3 Å². The van der Waals surface area contributed by atoms with Crippen LogP contribution in [-0.2, 0) is 9.59 Å². The van der Waals surface area contributed by atoms with Crippen molar-refractivity contribution in [2.75, 3.05) is 13.2 Å². The fourth-order valence-electron chi connectivity index (χ4n) is 2.65. The average Bonchev–Trinajstić information content (AvgIpc) is 2.89. The molecule has 3 aromatic rings. The standard InChI is InChI=1S/C24H20Cl2N4O6/c25-17-5-1-3-7-19(17)35-13-21(31)27-29-23(33)15-9-11-16(12-10-15)24(34)30-28-22(32)14-36-20-8-4-2-6-18(20)26/h1-12H,13-14H2,(H,27,31)(H,28,32)(H,29,33)(H,30,34). The highest BCUT2D eigenvalue weighted by Crippen LogP contribution is 2.23. The normalized spacial score (nSPS) is 10.1. The molecule has 0 aliphatic rings. The van der Waals surface area contributed by atoms with Gasteiger partial charge in [-0.15, -0.1) is 0 Å². The minimum Gasteiger partial charge on any atom is -0.482 e. The van der Waals surface area contributed by atoms with E-state index < -0.39 is 23.6 Å². The average molecular weight is 531 g/mol. The molecule has 12 heteroatoms. The molecule has 0 aromatic heterocycles. The van der Waals surface area contributed by atoms with Crippen molar-refractivity contribution in [2.45, 2.75) is 0 Å². The van der Waals surface area contributed by atoms with Crippen LogP contribution >= 0.6 is 23.2 Å². The van der Waals surface area contributed by atoms with E-state index in [0.29, 0.717) is 21.5 Å². The Morgan fingerprint density at radius 2 is 0.917 bits per heavy atom. The Morgan fingerprint density at radius 3 is 1.28 bits per heavy atom. The van der Waals surface area contributed by atoms with E-state index in [0.717, 1.165) is 0 Å². The number of para-hydroxylation sites is 2. The molecule has 0 aliphatic carbocycles. The Labute approximate surface area is 215 Å². The van der Waals surface area contributed by atoms with Gasteiger partial charge in [-0.1, -0.05) is 47.5 Å². The number of hydrogen-bond donors (Lipinski definition) is 4. The summed E-state index contributed by atoms with van der Waals surface area (Å²) < 4.78 is 10.6. The van der Waals surface area contributed by atoms with Gasteiger partial charge in [-0.25, -0.2) is 0 Å². The molecule has 3 aromatic carbocycles. The first-order valence-electron chi connectivity index (χ1n) is 10.4. The lowest BCUT2D eigenvalue weighted by molar-refractivity contribution is -0.124. The van der Waals surface area contributed by atoms with E-state index >= 15 is 0 Å². The van der Waals surface area contributed by atoms with Crippen molar-refractivity contribution in [1.29, 1.82) is 0 Å². The number of benzene rings is 3. The molecule has 36 heavy (non-hydrogen) atoms. The van der Waals surface area contributed by atoms with Crippen LogP contribution < -0.4 is 31.2 Å². The van der Waals surface area contributed by atoms with Crippen LogP contribution in [0.2, 0.25) is 10.0 Å². The molecule has 10 nitrogen and oxygen atoms in total. The second-order valence-electron chi connectivity index (χ2n) is 7.02. The molecule has 4 amide bonds. The molecule has 3 rings (SSSR count). The molecule has 186 valence electrons. The second-order valence-corrected chi connectivity index (χ2v) is 7.83. The zero-order chi connectivity index (χ0) is 25.9. The summed E-state index contributed by atoms with van der Waals surface area (Å²) >= 11 is 11.9. The van der Waals surface area contributed by atoms with Crippen LogP contribution in [0.15, 0.2) is 72.8 Å². The predicted molar refractivity (Wildman–Crippen MR) is 132 cm³/mol. The third-order valence-corrected chi connectivity index (χ3v) is 5.06. The highest BCUT2D eigenvalue weighted by Gasteiger charge is 2.12. The summed E-state index contributed by atoms with van der Waals surface area (Å²) in [7, 11) is 0. The fourth-order valence-corrected chi connectivity index (χ4v) is 3.03. The second kappa shape index (κ2) is 13.0. The number of hydrazine groups is 2. The lowest BCUT2D eigenvalue weighted by atomic mass is 10.1. The first-order valence-corrected chi connectivity index (χ1v) is 11.1. The third-order valence-electron chi connectivity index (χ3n) is 4.43. The maximum Gasteiger partial charge on any atom is 0.276 e. The van der Waals surface area contributed by atoms with Gasteiger partial charge >= 0.3 is 0 Å². The molecule has 0 saturated carbocycles. The number of rotatable bonds is 8. The highest BCUT2D eigenvalue weighted by atomic mass is 35.5. The Hall–Kier alpha value is -4.28. The van der Waals surface area contributed by atoms with E-state index in [1.807, 2.05) is 0 Å². The molecule has 0 fully saturated rings. The summed E-state index contributed by atoms with van der Waals surface area (Å²) in [5, 5.41) is 0.701. The number of carbonyl (C=O) groups is 4. The summed E-state index contributed by atoms with van der Waals surface area (Å²) in [6.45, 7) is -0.726. The topological polar surface area (TPSA) is 135 Å². The maximum atomic E-state index is 12.2. The van der Waals surface area contributed by atoms with Crippen molar-refractivity contribution in [2.24, 2.45) is 0 Å². The molecule has 0 radical (unpaired) electrons. The monoisotopic (exact) mass is 530 g/mol. The number of nitrogens with one attached hydrogen (secondary N) is 4. The molecule has 0 spiro atoms. The van der Waals surface area contributed by atoms with Gasteiger partial charge in [0.25, 0.3) is 23.6 Å². The Kier molecular flexibility index (Phi) is 9.49. The summed E-state index contributed by atoms with van der Waals surface area (Å²) in [5.74, 6) is -1.77. The van der Waals surface area contributed by atoms with Gasteiger partial charge in [0.05, 0.1) is 10.0 Å². The molecule has 0 aliphatic heterocycles. The van der Waals surface area contributed by atoms with Crippen LogP contribution in [0.4, 0.5) is 0 Å². The van der Waals surface area contributed by atoms with Gasteiger partial charge in [-0.3, -0.25) is 40.9 Å². The smallest absolute Gasteiger partial charge is 0.276 e. The minimum absolute atomic E-state index is 0.177. The first kappa shape index (κ1) is 26.3. The van der Waals surface area contributed by atoms with E-state index in [2.05, 4.69) is 21.7 Å². The Balaban J connectivity index is 1.39. The van der Waals surface area contributed by atoms with Crippen molar-refractivity contribution in [1.82, 2.24) is 21.7 Å². The zero-order valence-corrected chi connectivity index (χ0v) is 20.1. The van der Waals surface area contributed by atoms with Crippen molar-refractivity contribution < 1.29 is 28.7 Å². The van der Waals surface area contributed by atoms with Gasteiger partial charge < -0.3 is 9.47 Å². The third kappa shape index (κ3) is 7.90.